The Hall–Kier alpha value is -3.76. The fourth-order valence-corrected chi connectivity index (χ4v) is 4.39. The van der Waals surface area contributed by atoms with Gasteiger partial charge in [0, 0.05) is 28.2 Å². The molecule has 0 aliphatic heterocycles. The zero-order chi connectivity index (χ0) is 32.0. The van der Waals surface area contributed by atoms with E-state index in [0.717, 1.165) is 31.3 Å². The molecule has 0 aromatic heterocycles. The van der Waals surface area contributed by atoms with Gasteiger partial charge in [-0.2, -0.15) is 39.5 Å². The van der Waals surface area contributed by atoms with Gasteiger partial charge < -0.3 is 10.6 Å². The van der Waals surface area contributed by atoms with Gasteiger partial charge in [0.1, 0.15) is 11.6 Å². The van der Waals surface area contributed by atoms with E-state index in [1.165, 1.54) is 6.07 Å². The molecule has 0 unspecified atom stereocenters. The van der Waals surface area contributed by atoms with Crippen molar-refractivity contribution >= 4 is 33.4 Å². The highest BCUT2D eigenvalue weighted by Crippen LogP contribution is 2.55. The van der Waals surface area contributed by atoms with Crippen molar-refractivity contribution in [3.05, 3.63) is 86.9 Å². The van der Waals surface area contributed by atoms with E-state index in [1.54, 1.807) is 5.32 Å². The smallest absolute Gasteiger partial charge is 0.355 e. The monoisotopic (exact) mass is 680 g/mol. The molecule has 3 aromatic carbocycles. The molecule has 3 rings (SSSR count). The number of nitrogens with one attached hydrogen (secondary N) is 2. The summed E-state index contributed by atoms with van der Waals surface area (Å²) in [4.78, 5) is 25.0. The van der Waals surface area contributed by atoms with Gasteiger partial charge in [-0.1, -0.05) is 18.2 Å². The molecule has 0 radical (unpaired) electrons. The third-order valence-electron chi connectivity index (χ3n) is 5.82. The van der Waals surface area contributed by atoms with Gasteiger partial charge in [-0.05, 0) is 46.3 Å². The van der Waals surface area contributed by atoms with E-state index in [0.29, 0.717) is 6.07 Å². The van der Waals surface area contributed by atoms with Crippen LogP contribution in [0.5, 0.6) is 0 Å². The van der Waals surface area contributed by atoms with E-state index in [4.69, 9.17) is 0 Å². The Morgan fingerprint density at radius 3 is 1.86 bits per heavy atom. The Kier molecular flexibility index (Phi) is 8.69. The number of benzene rings is 3. The quantitative estimate of drug-likeness (QED) is 0.267. The first-order chi connectivity index (χ1) is 19.2. The van der Waals surface area contributed by atoms with E-state index in [-0.39, 0.29) is 6.07 Å². The fourth-order valence-electron chi connectivity index (χ4n) is 3.83. The molecule has 0 aliphatic rings. The maximum absolute atomic E-state index is 15.2. The second-order valence-corrected chi connectivity index (χ2v) is 9.25. The van der Waals surface area contributed by atoms with Gasteiger partial charge in [0.15, 0.2) is 0 Å². The highest BCUT2D eigenvalue weighted by Gasteiger charge is 2.73. The normalized spacial score (nSPS) is 12.7. The van der Waals surface area contributed by atoms with Gasteiger partial charge in [-0.3, -0.25) is 9.59 Å². The maximum Gasteiger partial charge on any atom is 0.435 e. The Balaban J connectivity index is 2.22. The summed E-state index contributed by atoms with van der Waals surface area (Å²) in [5.41, 5.74) is -15.4. The summed E-state index contributed by atoms with van der Waals surface area (Å²) in [6, 6.07) is 4.55. The fraction of sp³-hybridized carbons (Fsp3) is 0.200. The molecule has 0 saturated heterocycles. The molecule has 2 N–H and O–H groups in total. The largest absolute Gasteiger partial charge is 0.435 e. The Morgan fingerprint density at radius 1 is 0.762 bits per heavy atom. The molecule has 0 aliphatic carbocycles. The van der Waals surface area contributed by atoms with Crippen molar-refractivity contribution in [1.29, 1.82) is 0 Å². The second kappa shape index (κ2) is 11.1. The lowest BCUT2D eigenvalue weighted by molar-refractivity contribution is -0.348. The minimum absolute atomic E-state index is 0.246. The minimum atomic E-state index is -6.74. The van der Waals surface area contributed by atoms with Crippen LogP contribution in [0.1, 0.15) is 31.8 Å². The van der Waals surface area contributed by atoms with Crippen molar-refractivity contribution in [2.75, 3.05) is 12.4 Å². The number of rotatable bonds is 5. The third kappa shape index (κ3) is 5.78. The van der Waals surface area contributed by atoms with Crippen LogP contribution < -0.4 is 10.6 Å². The first-order valence-electron chi connectivity index (χ1n) is 11.0. The predicted octanol–water partition coefficient (Wildman–Crippen LogP) is 8.31. The Labute approximate surface area is 235 Å². The zero-order valence-electron chi connectivity index (χ0n) is 20.3. The number of halogens is 13. The second-order valence-electron chi connectivity index (χ2n) is 8.40. The molecule has 4 nitrogen and oxygen atoms in total. The molecule has 3 aromatic rings. The van der Waals surface area contributed by atoms with E-state index >= 15 is 4.39 Å². The van der Waals surface area contributed by atoms with Crippen molar-refractivity contribution in [1.82, 2.24) is 5.32 Å². The summed E-state index contributed by atoms with van der Waals surface area (Å²) in [5.74, 6) is -5.33. The Bertz CT molecular complexity index is 1530. The molecular weight excluding hydrogens is 668 g/mol. The number of alkyl halides is 10. The van der Waals surface area contributed by atoms with Gasteiger partial charge in [-0.15, -0.1) is 0 Å². The predicted molar refractivity (Wildman–Crippen MR) is 127 cm³/mol. The average molecular weight is 681 g/mol. The first-order valence-corrected chi connectivity index (χ1v) is 11.8. The Morgan fingerprint density at radius 2 is 1.33 bits per heavy atom. The first kappa shape index (κ1) is 32.8. The van der Waals surface area contributed by atoms with E-state index < -0.39 is 97.3 Å². The van der Waals surface area contributed by atoms with Crippen molar-refractivity contribution < 1.29 is 62.3 Å². The number of carbonyl (C=O) groups is 2. The van der Waals surface area contributed by atoms with Crippen molar-refractivity contribution in [2.24, 2.45) is 0 Å². The lowest BCUT2D eigenvalue weighted by Crippen LogP contribution is -2.50. The van der Waals surface area contributed by atoms with Gasteiger partial charge in [-0.25, -0.2) is 13.2 Å². The van der Waals surface area contributed by atoms with Crippen LogP contribution in [0.15, 0.2) is 53.0 Å². The van der Waals surface area contributed by atoms with Gasteiger partial charge in [0.25, 0.3) is 11.8 Å². The minimum Gasteiger partial charge on any atom is -0.355 e. The maximum atomic E-state index is 15.2. The van der Waals surface area contributed by atoms with Crippen LogP contribution >= 0.6 is 15.9 Å². The molecular formula is C25H13BrF12N2O2. The van der Waals surface area contributed by atoms with Gasteiger partial charge in [0.05, 0.1) is 22.4 Å². The van der Waals surface area contributed by atoms with E-state index in [9.17, 15) is 57.9 Å². The summed E-state index contributed by atoms with van der Waals surface area (Å²) in [6.07, 6.45) is -19.2. The number of carbonyl (C=O) groups excluding carboxylic acids is 2. The molecule has 2 amide bonds. The number of hydrogen-bond acceptors (Lipinski definition) is 2. The highest BCUT2D eigenvalue weighted by atomic mass is 79.9. The van der Waals surface area contributed by atoms with Crippen molar-refractivity contribution in [3.63, 3.8) is 0 Å². The highest BCUT2D eigenvalue weighted by molar-refractivity contribution is 9.10. The topological polar surface area (TPSA) is 58.2 Å². The van der Waals surface area contributed by atoms with Crippen LogP contribution in [0, 0.1) is 11.6 Å². The third-order valence-corrected chi connectivity index (χ3v) is 6.44. The van der Waals surface area contributed by atoms with Gasteiger partial charge >= 0.3 is 24.2 Å². The van der Waals surface area contributed by atoms with Crippen LogP contribution in [-0.2, 0) is 11.8 Å². The molecule has 0 bridgehead atoms. The summed E-state index contributed by atoms with van der Waals surface area (Å²) >= 11 is 2.36. The van der Waals surface area contributed by atoms with Crippen LogP contribution in [0.25, 0.3) is 11.1 Å². The molecule has 42 heavy (non-hydrogen) atoms. The molecule has 0 saturated carbocycles. The molecule has 0 spiro atoms. The molecule has 0 fully saturated rings. The summed E-state index contributed by atoms with van der Waals surface area (Å²) in [5, 5.41) is 3.73. The van der Waals surface area contributed by atoms with Crippen LogP contribution in [-0.4, -0.2) is 31.2 Å². The molecule has 226 valence electrons. The summed E-state index contributed by atoms with van der Waals surface area (Å²) < 4.78 is 164. The van der Waals surface area contributed by atoms with Crippen LogP contribution in [0.2, 0.25) is 0 Å². The number of hydrogen-bond donors (Lipinski definition) is 2. The van der Waals surface area contributed by atoms with Crippen LogP contribution in [0.4, 0.5) is 58.4 Å². The number of anilines is 1. The van der Waals surface area contributed by atoms with Crippen molar-refractivity contribution in [2.45, 2.75) is 24.2 Å². The summed E-state index contributed by atoms with van der Waals surface area (Å²) in [6.45, 7) is 0. The SMILES string of the molecule is CNC(=O)c1ccc(F)c(-c2ccccc2C(=O)Nc2c(Br)cc(C(F)(C(F)(F)F)C(F)(F)F)cc2C(F)(F)F)c1F. The van der Waals surface area contributed by atoms with E-state index in [1.807, 2.05) is 0 Å². The zero-order valence-corrected chi connectivity index (χ0v) is 21.9. The molecule has 0 atom stereocenters. The number of amides is 2. The van der Waals surface area contributed by atoms with Crippen LogP contribution in [0.3, 0.4) is 0 Å². The standard InChI is InChI=1S/C25H13BrF12N2O2/c1-39-20(41)13-6-7-16(27)17(18(13)28)11-4-2-3-5-12(11)21(42)40-19-14(23(30,31)32)8-10(9-15(19)26)22(29,24(33,34)35)25(36,37)38/h2-9H,1H3,(H,39,41)(H,40,42). The molecule has 17 heteroatoms. The van der Waals surface area contributed by atoms with E-state index in [2.05, 4.69) is 21.2 Å². The molecule has 0 heterocycles. The van der Waals surface area contributed by atoms with Gasteiger partial charge in [0.2, 0.25) is 0 Å². The lowest BCUT2D eigenvalue weighted by atomic mass is 9.91. The lowest BCUT2D eigenvalue weighted by Gasteiger charge is -2.31. The average Bonchev–Trinajstić information content (AvgIpc) is 2.87. The summed E-state index contributed by atoms with van der Waals surface area (Å²) in [7, 11) is 1.13. The van der Waals surface area contributed by atoms with Crippen molar-refractivity contribution in [3.8, 4) is 11.1 Å².